The zero-order chi connectivity index (χ0) is 17.4. The first-order valence-electron chi connectivity index (χ1n) is 7.86. The summed E-state index contributed by atoms with van der Waals surface area (Å²) in [5.74, 6) is 0.452. The largest absolute Gasteiger partial charge is 0.351 e. The van der Waals surface area contributed by atoms with E-state index < -0.39 is 0 Å². The quantitative estimate of drug-likeness (QED) is 0.666. The van der Waals surface area contributed by atoms with Crippen LogP contribution in [0.2, 0.25) is 0 Å². The van der Waals surface area contributed by atoms with Gasteiger partial charge in [0.2, 0.25) is 5.65 Å². The normalized spacial score (nSPS) is 17.2. The highest BCUT2D eigenvalue weighted by Gasteiger charge is 2.27. The van der Waals surface area contributed by atoms with Crippen LogP contribution in [0.3, 0.4) is 0 Å². The lowest BCUT2D eigenvalue weighted by Crippen LogP contribution is -2.38. The predicted molar refractivity (Wildman–Crippen MR) is 88.3 cm³/mol. The molecule has 3 aromatic heterocycles. The molecule has 128 valence electrons. The number of rotatable bonds is 3. The van der Waals surface area contributed by atoms with Crippen molar-refractivity contribution >= 4 is 17.4 Å². The van der Waals surface area contributed by atoms with Gasteiger partial charge in [-0.05, 0) is 12.5 Å². The average Bonchev–Trinajstić information content (AvgIpc) is 3.26. The molecule has 0 radical (unpaired) electrons. The summed E-state index contributed by atoms with van der Waals surface area (Å²) in [6, 6.07) is 2.73. The standard InChI is InChI=1S/C15H16N8O2/c1-21-12(24)3-2-11(20-21)15(25)18-10-4-6-22(8-10)13-14-19-17-9-23(14)7-5-16-13/h2-3,5,7,9-10H,4,6,8H2,1H3,(H,18,25)/t10-/m0/s1. The maximum Gasteiger partial charge on any atom is 0.272 e. The molecule has 0 aliphatic carbocycles. The van der Waals surface area contributed by atoms with Gasteiger partial charge in [-0.15, -0.1) is 10.2 Å². The Morgan fingerprint density at radius 1 is 1.36 bits per heavy atom. The summed E-state index contributed by atoms with van der Waals surface area (Å²) in [6.45, 7) is 1.38. The molecule has 0 spiro atoms. The molecule has 0 saturated carbocycles. The number of carbonyl (C=O) groups is 1. The van der Waals surface area contributed by atoms with Crippen LogP contribution in [0.15, 0.2) is 35.6 Å². The molecule has 1 atom stereocenters. The number of fused-ring (bicyclic) bond motifs is 1. The maximum absolute atomic E-state index is 12.3. The molecule has 1 amide bonds. The second kappa shape index (κ2) is 5.96. The molecule has 10 heteroatoms. The van der Waals surface area contributed by atoms with Crippen molar-refractivity contribution < 1.29 is 4.79 Å². The number of nitrogens with zero attached hydrogens (tertiary/aromatic N) is 7. The molecule has 1 aliphatic rings. The van der Waals surface area contributed by atoms with E-state index >= 15 is 0 Å². The Kier molecular flexibility index (Phi) is 3.64. The Labute approximate surface area is 142 Å². The fraction of sp³-hybridized carbons (Fsp3) is 0.333. The average molecular weight is 340 g/mol. The third-order valence-electron chi connectivity index (χ3n) is 4.21. The van der Waals surface area contributed by atoms with Gasteiger partial charge in [0, 0.05) is 44.6 Å². The monoisotopic (exact) mass is 340 g/mol. The number of nitrogens with one attached hydrogen (secondary N) is 1. The lowest BCUT2D eigenvalue weighted by atomic mass is 10.2. The summed E-state index contributed by atoms with van der Waals surface area (Å²) in [6.07, 6.45) is 5.90. The fourth-order valence-corrected chi connectivity index (χ4v) is 2.92. The minimum atomic E-state index is -0.295. The summed E-state index contributed by atoms with van der Waals surface area (Å²) >= 11 is 0. The van der Waals surface area contributed by atoms with E-state index in [-0.39, 0.29) is 23.2 Å². The molecule has 10 nitrogen and oxygen atoms in total. The molecular formula is C15H16N8O2. The van der Waals surface area contributed by atoms with Crippen LogP contribution in [0, 0.1) is 0 Å². The Morgan fingerprint density at radius 2 is 2.24 bits per heavy atom. The van der Waals surface area contributed by atoms with Crippen LogP contribution in [-0.4, -0.2) is 54.4 Å². The number of aromatic nitrogens is 6. The number of aryl methyl sites for hydroxylation is 1. The second-order valence-corrected chi connectivity index (χ2v) is 5.90. The molecule has 4 rings (SSSR count). The molecule has 1 saturated heterocycles. The zero-order valence-electron chi connectivity index (χ0n) is 13.5. The summed E-state index contributed by atoms with van der Waals surface area (Å²) in [5.41, 5.74) is 0.656. The van der Waals surface area contributed by atoms with Crippen molar-refractivity contribution in [3.05, 3.63) is 46.9 Å². The Bertz CT molecular complexity index is 994. The Balaban J connectivity index is 1.47. The lowest BCUT2D eigenvalue weighted by molar-refractivity contribution is 0.0933. The van der Waals surface area contributed by atoms with Crippen molar-refractivity contribution in [1.82, 2.24) is 34.7 Å². The van der Waals surface area contributed by atoms with Crippen molar-refractivity contribution in [1.29, 1.82) is 0 Å². The van der Waals surface area contributed by atoms with E-state index in [4.69, 9.17) is 0 Å². The van der Waals surface area contributed by atoms with Crippen LogP contribution < -0.4 is 15.8 Å². The number of hydrogen-bond donors (Lipinski definition) is 1. The third-order valence-corrected chi connectivity index (χ3v) is 4.21. The molecule has 1 aliphatic heterocycles. The highest BCUT2D eigenvalue weighted by atomic mass is 16.2. The first-order chi connectivity index (χ1) is 12.1. The molecule has 0 aromatic carbocycles. The fourth-order valence-electron chi connectivity index (χ4n) is 2.92. The number of amides is 1. The Morgan fingerprint density at radius 3 is 3.08 bits per heavy atom. The van der Waals surface area contributed by atoms with E-state index in [1.165, 1.54) is 19.2 Å². The molecule has 1 fully saturated rings. The summed E-state index contributed by atoms with van der Waals surface area (Å²) < 4.78 is 2.95. The predicted octanol–water partition coefficient (Wildman–Crippen LogP) is -0.773. The van der Waals surface area contributed by atoms with Crippen molar-refractivity contribution in [3.8, 4) is 0 Å². The van der Waals surface area contributed by atoms with Gasteiger partial charge >= 0.3 is 0 Å². The van der Waals surface area contributed by atoms with E-state index in [2.05, 4.69) is 30.5 Å². The van der Waals surface area contributed by atoms with E-state index in [1.54, 1.807) is 18.7 Å². The third kappa shape index (κ3) is 2.82. The first-order valence-corrected chi connectivity index (χ1v) is 7.86. The molecule has 0 bridgehead atoms. The van der Waals surface area contributed by atoms with Crippen LogP contribution in [0.4, 0.5) is 5.82 Å². The van der Waals surface area contributed by atoms with Crippen LogP contribution in [0.25, 0.3) is 5.65 Å². The van der Waals surface area contributed by atoms with E-state index in [0.29, 0.717) is 12.2 Å². The number of carbonyl (C=O) groups excluding carboxylic acids is 1. The molecule has 25 heavy (non-hydrogen) atoms. The molecule has 3 aromatic rings. The van der Waals surface area contributed by atoms with Gasteiger partial charge in [0.25, 0.3) is 11.5 Å². The van der Waals surface area contributed by atoms with E-state index in [0.717, 1.165) is 23.5 Å². The summed E-state index contributed by atoms with van der Waals surface area (Å²) in [5, 5.41) is 14.9. The second-order valence-electron chi connectivity index (χ2n) is 5.90. The van der Waals surface area contributed by atoms with Crippen molar-refractivity contribution in [2.75, 3.05) is 18.0 Å². The smallest absolute Gasteiger partial charge is 0.272 e. The van der Waals surface area contributed by atoms with Gasteiger partial charge in [-0.3, -0.25) is 14.0 Å². The van der Waals surface area contributed by atoms with Crippen LogP contribution in [0.1, 0.15) is 16.9 Å². The highest BCUT2D eigenvalue weighted by molar-refractivity contribution is 5.92. The summed E-state index contributed by atoms with van der Waals surface area (Å²) in [4.78, 5) is 30.2. The molecule has 1 N–H and O–H groups in total. The van der Waals surface area contributed by atoms with Gasteiger partial charge in [-0.25, -0.2) is 9.67 Å². The minimum absolute atomic E-state index is 0.0310. The van der Waals surface area contributed by atoms with Crippen LogP contribution in [0.5, 0.6) is 0 Å². The van der Waals surface area contributed by atoms with Crippen molar-refractivity contribution in [2.45, 2.75) is 12.5 Å². The maximum atomic E-state index is 12.3. The Hall–Kier alpha value is -3.30. The van der Waals surface area contributed by atoms with Gasteiger partial charge in [-0.1, -0.05) is 0 Å². The van der Waals surface area contributed by atoms with Gasteiger partial charge < -0.3 is 10.2 Å². The van der Waals surface area contributed by atoms with Gasteiger partial charge in [0.15, 0.2) is 5.82 Å². The van der Waals surface area contributed by atoms with Crippen LogP contribution in [-0.2, 0) is 7.05 Å². The van der Waals surface area contributed by atoms with E-state index in [9.17, 15) is 9.59 Å². The zero-order valence-corrected chi connectivity index (χ0v) is 13.5. The van der Waals surface area contributed by atoms with Gasteiger partial charge in [0.1, 0.15) is 12.0 Å². The van der Waals surface area contributed by atoms with Gasteiger partial charge in [0.05, 0.1) is 0 Å². The molecule has 0 unspecified atom stereocenters. The topological polar surface area (TPSA) is 110 Å². The highest BCUT2D eigenvalue weighted by Crippen LogP contribution is 2.21. The van der Waals surface area contributed by atoms with Gasteiger partial charge in [-0.2, -0.15) is 5.10 Å². The molecule has 4 heterocycles. The number of hydrogen-bond acceptors (Lipinski definition) is 7. The SMILES string of the molecule is Cn1nc(C(=O)N[C@H]2CCN(c3nccn4cnnc34)C2)ccc1=O. The minimum Gasteiger partial charge on any atom is -0.351 e. The summed E-state index contributed by atoms with van der Waals surface area (Å²) in [7, 11) is 1.52. The van der Waals surface area contributed by atoms with Crippen molar-refractivity contribution in [2.24, 2.45) is 7.05 Å². The van der Waals surface area contributed by atoms with Crippen LogP contribution >= 0.6 is 0 Å². The molecular weight excluding hydrogens is 324 g/mol. The van der Waals surface area contributed by atoms with E-state index in [1.807, 2.05) is 4.40 Å². The van der Waals surface area contributed by atoms with Crippen molar-refractivity contribution in [3.63, 3.8) is 0 Å². The first kappa shape index (κ1) is 15.2. The lowest BCUT2D eigenvalue weighted by Gasteiger charge is -2.18. The number of anilines is 1.